The predicted molar refractivity (Wildman–Crippen MR) is 261 cm³/mol. The molecular weight excluding hydrogens is 1200 g/mol. The summed E-state index contributed by atoms with van der Waals surface area (Å²) < 4.78 is 171. The topological polar surface area (TPSA) is 214 Å². The largest absolute Gasteiger partial charge is 0.542 e. The number of amides is 2. The Bertz CT molecular complexity index is 3210. The first-order valence-electron chi connectivity index (χ1n) is 23.3. The highest BCUT2D eigenvalue weighted by Gasteiger charge is 2.64. The van der Waals surface area contributed by atoms with Gasteiger partial charge in [0.25, 0.3) is 23.0 Å². The summed E-state index contributed by atoms with van der Waals surface area (Å²) in [5, 5.41) is 19.0. The van der Waals surface area contributed by atoms with Crippen LogP contribution in [0.3, 0.4) is 0 Å². The average Bonchev–Trinajstić information content (AvgIpc) is 4.21. The van der Waals surface area contributed by atoms with Crippen molar-refractivity contribution in [3.63, 3.8) is 0 Å². The highest BCUT2D eigenvalue weighted by Crippen LogP contribution is 2.52. The number of halogens is 15. The number of rotatable bonds is 10. The van der Waals surface area contributed by atoms with E-state index in [-0.39, 0.29) is 47.7 Å². The van der Waals surface area contributed by atoms with E-state index in [0.29, 0.717) is 48.2 Å². The van der Waals surface area contributed by atoms with Crippen LogP contribution in [0, 0.1) is 25.5 Å². The molecule has 32 heteroatoms. The van der Waals surface area contributed by atoms with Crippen molar-refractivity contribution in [1.82, 2.24) is 15.1 Å². The Kier molecular flexibility index (Phi) is 18.4. The maximum atomic E-state index is 14.3. The van der Waals surface area contributed by atoms with Gasteiger partial charge in [0.15, 0.2) is 11.6 Å². The van der Waals surface area contributed by atoms with Gasteiger partial charge in [-0.15, -0.1) is 0 Å². The molecule has 4 heterocycles. The number of nitrogens with one attached hydrogen (secondary N) is 2. The molecule has 0 bridgehead atoms. The van der Waals surface area contributed by atoms with E-state index >= 15 is 0 Å². The van der Waals surface area contributed by atoms with Crippen molar-refractivity contribution in [2.75, 3.05) is 26.3 Å². The number of nitrogens with zero attached hydrogens (tertiary/aromatic N) is 3. The van der Waals surface area contributed by atoms with Crippen LogP contribution >= 0.6 is 46.4 Å². The van der Waals surface area contributed by atoms with Crippen molar-refractivity contribution in [2.24, 2.45) is 10.3 Å². The molecule has 4 atom stereocenters. The molecule has 0 spiro atoms. The zero-order valence-corrected chi connectivity index (χ0v) is 44.8. The van der Waals surface area contributed by atoms with Gasteiger partial charge >= 0.3 is 18.5 Å². The fourth-order valence-corrected chi connectivity index (χ4v) is 11.3. The molecule has 2 amide bonds. The molecule has 3 fully saturated rings. The number of benzene rings is 4. The number of aliphatic carboxylic acids is 1. The average molecular weight is 1240 g/mol. The number of carboxylic acid groups (broad SMARTS) is 1. The third-order valence-corrected chi connectivity index (χ3v) is 16.4. The normalized spacial score (nSPS) is 22.4. The standard InChI is InChI=1S/C25H23Cl2F4N3O5S.C21H17Cl2F4N3O3.C2HF3O2/c1-13-7-14(21-10-24(39-33-21,25(29,30)31)15-8-19(26)22(28)20(27)9-15)5-6-18(13)23(35)32-16-11-34(38-12-16)40(36,37)17-3-2-4-17;1-10-4-11(2-3-14(10)19(31)29-13-8-28-32-9-13)17-7-20(33-30-17,21(25,26)27)12-5-15(22)18(24)16(23)6-12;3-2(4,5)1(6)7/h5-9,16-17H,2-4,10-12H2,1H3,(H,32,35);2-6,13,28H,7-9H2,1H3,(H,29,31);(H,6,7). The number of sulfonamides is 1. The molecule has 16 nitrogen and oxygen atoms in total. The van der Waals surface area contributed by atoms with Gasteiger partial charge in [0, 0.05) is 35.1 Å². The molecule has 4 unspecified atom stereocenters. The first kappa shape index (κ1) is 62.0. The van der Waals surface area contributed by atoms with E-state index in [9.17, 15) is 66.3 Å². The lowest BCUT2D eigenvalue weighted by atomic mass is 9.86. The van der Waals surface area contributed by atoms with E-state index in [1.807, 2.05) is 0 Å². The Morgan fingerprint density at radius 1 is 0.688 bits per heavy atom. The summed E-state index contributed by atoms with van der Waals surface area (Å²) in [7, 11) is -3.58. The van der Waals surface area contributed by atoms with Gasteiger partial charge in [-0.2, -0.15) is 45.0 Å². The highest BCUT2D eigenvalue weighted by atomic mass is 35.5. The molecule has 5 aliphatic rings. The van der Waals surface area contributed by atoms with Crippen LogP contribution in [-0.2, 0) is 45.4 Å². The van der Waals surface area contributed by atoms with Crippen molar-refractivity contribution in [1.29, 1.82) is 0 Å². The third kappa shape index (κ3) is 13.0. The van der Waals surface area contributed by atoms with E-state index in [0.717, 1.165) is 35.2 Å². The molecule has 4 aromatic rings. The third-order valence-electron chi connectivity index (χ3n) is 13.1. The number of quaternary nitrogens is 1. The van der Waals surface area contributed by atoms with Gasteiger partial charge in [0.05, 0.1) is 56.0 Å². The number of oxime groups is 2. The molecule has 0 radical (unpaired) electrons. The summed E-state index contributed by atoms with van der Waals surface area (Å²) >= 11 is 22.9. The van der Waals surface area contributed by atoms with Gasteiger partial charge in [0.1, 0.15) is 25.2 Å². The second-order valence-corrected chi connectivity index (χ2v) is 22.3. The Balaban J connectivity index is 0.000000209. The van der Waals surface area contributed by atoms with Crippen LogP contribution < -0.4 is 21.2 Å². The fraction of sp³-hybridized carbons (Fsp3) is 0.396. The van der Waals surface area contributed by atoms with Crippen LogP contribution in [0.1, 0.15) is 86.2 Å². The number of nitrogens with two attached hydrogens (primary N) is 1. The SMILES string of the molecule is Cc1cc(C2=NOC(c3cc(Cl)c(F)c(Cl)c3)(C(F)(F)F)C2)ccc1C(=O)NC1CON(S(=O)(=O)C2CCC2)C1.Cc1cc(C2=NOC(c3cc(Cl)c(F)c(Cl)c3)(C(F)(F)F)C2)ccc1C(=O)NC1C[NH2+]OC1.O=C([O-])C(F)(F)F. The molecule has 2 saturated heterocycles. The van der Waals surface area contributed by atoms with Crippen molar-refractivity contribution in [2.45, 2.75) is 93.0 Å². The van der Waals surface area contributed by atoms with Crippen molar-refractivity contribution < 1.29 is 101 Å². The smallest absolute Gasteiger partial charge is 0.435 e. The van der Waals surface area contributed by atoms with E-state index in [1.165, 1.54) is 30.3 Å². The summed E-state index contributed by atoms with van der Waals surface area (Å²) in [5.41, 5.74) is -2.98. The highest BCUT2D eigenvalue weighted by molar-refractivity contribution is 7.89. The number of carbonyl (C=O) groups is 3. The van der Waals surface area contributed by atoms with Gasteiger partial charge in [0.2, 0.25) is 10.0 Å². The van der Waals surface area contributed by atoms with Gasteiger partial charge in [-0.1, -0.05) is 79.7 Å². The number of carbonyl (C=O) groups excluding carboxylic acids is 3. The molecule has 80 heavy (non-hydrogen) atoms. The molecule has 1 saturated carbocycles. The van der Waals surface area contributed by atoms with Crippen LogP contribution in [0.2, 0.25) is 20.1 Å². The van der Waals surface area contributed by atoms with Crippen LogP contribution in [0.4, 0.5) is 48.3 Å². The van der Waals surface area contributed by atoms with Gasteiger partial charge in [-0.25, -0.2) is 22.0 Å². The molecular formula is C48H41Cl4F11N6O10S. The molecule has 4 N–H and O–H groups in total. The lowest BCUT2D eigenvalue weighted by Crippen LogP contribution is -2.80. The molecule has 4 aliphatic heterocycles. The Morgan fingerprint density at radius 3 is 1.44 bits per heavy atom. The zero-order chi connectivity index (χ0) is 59.1. The van der Waals surface area contributed by atoms with E-state index < -0.39 is 119 Å². The van der Waals surface area contributed by atoms with Crippen molar-refractivity contribution in [3.05, 3.63) is 137 Å². The number of hydroxylamine groups is 2. The maximum Gasteiger partial charge on any atom is 0.435 e. The predicted octanol–water partition coefficient (Wildman–Crippen LogP) is 8.18. The van der Waals surface area contributed by atoms with Gasteiger partial charge in [-0.05, 0) is 97.5 Å². The number of aryl methyl sites for hydroxylation is 2. The summed E-state index contributed by atoms with van der Waals surface area (Å²) in [5.74, 6) is -5.89. The first-order chi connectivity index (χ1) is 37.2. The number of alkyl halides is 9. The molecule has 0 aromatic heterocycles. The van der Waals surface area contributed by atoms with E-state index in [2.05, 4.69) is 20.9 Å². The molecule has 9 rings (SSSR count). The van der Waals surface area contributed by atoms with Crippen LogP contribution in [0.15, 0.2) is 71.0 Å². The number of hydrogen-bond acceptors (Lipinski definition) is 12. The molecule has 4 aromatic carbocycles. The molecule has 434 valence electrons. The van der Waals surface area contributed by atoms with Gasteiger partial charge in [-0.3, -0.25) is 14.4 Å². The minimum absolute atomic E-state index is 0.0118. The van der Waals surface area contributed by atoms with Crippen molar-refractivity contribution >= 4 is 85.6 Å². The maximum absolute atomic E-state index is 14.3. The summed E-state index contributed by atoms with van der Waals surface area (Å²) in [6, 6.07) is 11.5. The summed E-state index contributed by atoms with van der Waals surface area (Å²) in [6.45, 7) is 4.21. The minimum Gasteiger partial charge on any atom is -0.542 e. The number of hydrogen-bond donors (Lipinski definition) is 3. The molecule has 1 aliphatic carbocycles. The number of carboxylic acids is 1. The second-order valence-electron chi connectivity index (χ2n) is 18.6. The lowest BCUT2D eigenvalue weighted by Gasteiger charge is -2.29. The van der Waals surface area contributed by atoms with Crippen molar-refractivity contribution in [3.8, 4) is 0 Å². The first-order valence-corrected chi connectivity index (χ1v) is 26.3. The van der Waals surface area contributed by atoms with Gasteiger partial charge < -0.3 is 30.2 Å². The Hall–Kier alpha value is -5.59. The monoisotopic (exact) mass is 1240 g/mol. The second kappa shape index (κ2) is 23.7. The van der Waals surface area contributed by atoms with E-state index in [4.69, 9.17) is 75.7 Å². The minimum atomic E-state index is -5.19. The Labute approximate surface area is 466 Å². The summed E-state index contributed by atoms with van der Waals surface area (Å²) in [6.07, 6.45) is -14.5. The summed E-state index contributed by atoms with van der Waals surface area (Å²) in [4.78, 5) is 54.6. The zero-order valence-electron chi connectivity index (χ0n) is 40.9. The fourth-order valence-electron chi connectivity index (χ4n) is 8.51. The lowest BCUT2D eigenvalue weighted by molar-refractivity contribution is -0.874. The quantitative estimate of drug-likeness (QED) is 0.102. The van der Waals surface area contributed by atoms with Crippen LogP contribution in [0.25, 0.3) is 0 Å². The Morgan fingerprint density at radius 2 is 1.10 bits per heavy atom. The van der Waals surface area contributed by atoms with E-state index in [1.54, 1.807) is 25.4 Å². The van der Waals surface area contributed by atoms with Crippen LogP contribution in [0.5, 0.6) is 0 Å². The van der Waals surface area contributed by atoms with Crippen LogP contribution in [-0.4, -0.2) is 104 Å².